The Hall–Kier alpha value is -2.73. The average molecular weight is 300 g/mol. The molecule has 0 saturated carbocycles. The minimum atomic E-state index is -0.831. The van der Waals surface area contributed by atoms with Crippen LogP contribution < -0.4 is 15.2 Å². The monoisotopic (exact) mass is 300 g/mol. The number of methoxy groups -OCH3 is 2. The van der Waals surface area contributed by atoms with Crippen LogP contribution in [-0.4, -0.2) is 29.3 Å². The molecule has 114 valence electrons. The van der Waals surface area contributed by atoms with Crippen molar-refractivity contribution in [3.63, 3.8) is 0 Å². The molecular weight excluding hydrogens is 284 g/mol. The second-order valence-corrected chi connectivity index (χ2v) is 4.90. The van der Waals surface area contributed by atoms with E-state index in [2.05, 4.69) is 9.97 Å². The Kier molecular flexibility index (Phi) is 3.60. The lowest BCUT2D eigenvalue weighted by Gasteiger charge is -2.14. The summed E-state index contributed by atoms with van der Waals surface area (Å²) in [6.45, 7) is 0. The highest BCUT2D eigenvalue weighted by molar-refractivity contribution is 5.75. The summed E-state index contributed by atoms with van der Waals surface area (Å²) in [4.78, 5) is 16.6. The van der Waals surface area contributed by atoms with Crippen molar-refractivity contribution >= 4 is 11.0 Å². The van der Waals surface area contributed by atoms with E-state index in [1.807, 2.05) is 0 Å². The molecule has 0 aliphatic heterocycles. The zero-order valence-electron chi connectivity index (χ0n) is 12.2. The van der Waals surface area contributed by atoms with Crippen molar-refractivity contribution in [1.82, 2.24) is 9.97 Å². The van der Waals surface area contributed by atoms with Crippen molar-refractivity contribution < 1.29 is 14.6 Å². The van der Waals surface area contributed by atoms with Crippen LogP contribution in [-0.2, 0) is 0 Å². The number of rotatable bonds is 4. The molecule has 3 rings (SSSR count). The van der Waals surface area contributed by atoms with Crippen LogP contribution in [0.1, 0.15) is 17.2 Å². The molecule has 1 aromatic heterocycles. The molecule has 0 fully saturated rings. The molecule has 3 aromatic rings. The van der Waals surface area contributed by atoms with Gasteiger partial charge in [0.1, 0.15) is 6.10 Å². The van der Waals surface area contributed by atoms with Gasteiger partial charge in [0.05, 0.1) is 25.3 Å². The fraction of sp³-hybridized carbons (Fsp3) is 0.188. The molecule has 6 nitrogen and oxygen atoms in total. The summed E-state index contributed by atoms with van der Waals surface area (Å²) in [6.07, 6.45) is -0.831. The van der Waals surface area contributed by atoms with Crippen molar-refractivity contribution in [1.29, 1.82) is 0 Å². The van der Waals surface area contributed by atoms with Gasteiger partial charge in [-0.05, 0) is 35.4 Å². The number of benzene rings is 2. The zero-order chi connectivity index (χ0) is 15.7. The van der Waals surface area contributed by atoms with Crippen LogP contribution in [0.4, 0.5) is 0 Å². The molecule has 1 heterocycles. The van der Waals surface area contributed by atoms with Crippen molar-refractivity contribution in [2.45, 2.75) is 6.10 Å². The molecule has 1 atom stereocenters. The Labute approximate surface area is 126 Å². The van der Waals surface area contributed by atoms with E-state index >= 15 is 0 Å². The first-order valence-corrected chi connectivity index (χ1v) is 6.74. The fourth-order valence-corrected chi connectivity index (χ4v) is 2.44. The van der Waals surface area contributed by atoms with Crippen LogP contribution in [0.3, 0.4) is 0 Å². The molecule has 0 saturated heterocycles. The predicted molar refractivity (Wildman–Crippen MR) is 82.5 cm³/mol. The van der Waals surface area contributed by atoms with E-state index in [-0.39, 0.29) is 5.69 Å². The number of aromatic nitrogens is 2. The SMILES string of the molecule is COc1ccc(C(O)c2ccc3[nH]c(=O)[nH]c3c2)cc1OC. The van der Waals surface area contributed by atoms with Crippen LogP contribution in [0, 0.1) is 0 Å². The first-order valence-electron chi connectivity index (χ1n) is 6.74. The highest BCUT2D eigenvalue weighted by Crippen LogP contribution is 2.32. The van der Waals surface area contributed by atoms with Crippen molar-refractivity contribution in [3.05, 3.63) is 58.0 Å². The molecule has 0 spiro atoms. The number of nitrogens with one attached hydrogen (secondary N) is 2. The number of imidazole rings is 1. The van der Waals surface area contributed by atoms with Crippen molar-refractivity contribution in [3.8, 4) is 11.5 Å². The Morgan fingerprint density at radius 3 is 2.27 bits per heavy atom. The molecule has 3 N–H and O–H groups in total. The van der Waals surface area contributed by atoms with Gasteiger partial charge in [-0.15, -0.1) is 0 Å². The number of aliphatic hydroxyl groups excluding tert-OH is 1. The van der Waals surface area contributed by atoms with Crippen molar-refractivity contribution in [2.75, 3.05) is 14.2 Å². The molecule has 22 heavy (non-hydrogen) atoms. The van der Waals surface area contributed by atoms with Crippen LogP contribution >= 0.6 is 0 Å². The van der Waals surface area contributed by atoms with Gasteiger partial charge in [0.2, 0.25) is 0 Å². The minimum absolute atomic E-state index is 0.271. The number of fused-ring (bicyclic) bond motifs is 1. The normalized spacial score (nSPS) is 12.3. The van der Waals surface area contributed by atoms with Crippen LogP contribution in [0.15, 0.2) is 41.2 Å². The van der Waals surface area contributed by atoms with E-state index in [0.717, 1.165) is 0 Å². The first kappa shape index (κ1) is 14.2. The third-order valence-electron chi connectivity index (χ3n) is 3.58. The molecule has 0 radical (unpaired) electrons. The average Bonchev–Trinajstić information content (AvgIpc) is 2.92. The molecule has 2 aromatic carbocycles. The summed E-state index contributed by atoms with van der Waals surface area (Å²) in [5, 5.41) is 10.5. The Morgan fingerprint density at radius 2 is 1.55 bits per heavy atom. The third-order valence-corrected chi connectivity index (χ3v) is 3.58. The van der Waals surface area contributed by atoms with E-state index in [0.29, 0.717) is 33.7 Å². The van der Waals surface area contributed by atoms with E-state index in [1.165, 1.54) is 0 Å². The Balaban J connectivity index is 2.00. The van der Waals surface area contributed by atoms with E-state index in [9.17, 15) is 9.90 Å². The maximum absolute atomic E-state index is 11.3. The van der Waals surface area contributed by atoms with E-state index < -0.39 is 6.10 Å². The number of H-pyrrole nitrogens is 2. The lowest BCUT2D eigenvalue weighted by Crippen LogP contribution is -2.01. The van der Waals surface area contributed by atoms with Crippen LogP contribution in [0.25, 0.3) is 11.0 Å². The minimum Gasteiger partial charge on any atom is -0.493 e. The number of aromatic amines is 2. The Morgan fingerprint density at radius 1 is 0.909 bits per heavy atom. The summed E-state index contributed by atoms with van der Waals surface area (Å²) < 4.78 is 10.4. The summed E-state index contributed by atoms with van der Waals surface area (Å²) in [5.41, 5.74) is 2.44. The van der Waals surface area contributed by atoms with E-state index in [4.69, 9.17) is 9.47 Å². The highest BCUT2D eigenvalue weighted by atomic mass is 16.5. The summed E-state index contributed by atoms with van der Waals surface area (Å²) in [5.74, 6) is 1.15. The topological polar surface area (TPSA) is 87.3 Å². The molecule has 0 amide bonds. The Bertz CT molecular complexity index is 866. The molecule has 0 aliphatic rings. The number of hydrogen-bond donors (Lipinski definition) is 3. The van der Waals surface area contributed by atoms with Crippen molar-refractivity contribution in [2.24, 2.45) is 0 Å². The summed E-state index contributed by atoms with van der Waals surface area (Å²) in [6, 6.07) is 10.5. The van der Waals surface area contributed by atoms with Crippen LogP contribution in [0.2, 0.25) is 0 Å². The number of ether oxygens (including phenoxy) is 2. The van der Waals surface area contributed by atoms with Gasteiger partial charge in [-0.2, -0.15) is 0 Å². The van der Waals surface area contributed by atoms with Gasteiger partial charge in [0.15, 0.2) is 11.5 Å². The maximum atomic E-state index is 11.3. The fourth-order valence-electron chi connectivity index (χ4n) is 2.44. The predicted octanol–water partition coefficient (Wildman–Crippen LogP) is 1.96. The molecule has 0 bridgehead atoms. The quantitative estimate of drug-likeness (QED) is 0.687. The lowest BCUT2D eigenvalue weighted by molar-refractivity contribution is 0.219. The largest absolute Gasteiger partial charge is 0.493 e. The molecule has 1 unspecified atom stereocenters. The highest BCUT2D eigenvalue weighted by Gasteiger charge is 2.14. The maximum Gasteiger partial charge on any atom is 0.323 e. The summed E-state index contributed by atoms with van der Waals surface area (Å²) in [7, 11) is 3.11. The molecule has 6 heteroatoms. The first-order chi connectivity index (χ1) is 10.6. The van der Waals surface area contributed by atoms with Gasteiger partial charge in [0, 0.05) is 0 Å². The summed E-state index contributed by atoms with van der Waals surface area (Å²) >= 11 is 0. The van der Waals surface area contributed by atoms with E-state index in [1.54, 1.807) is 50.6 Å². The molecule has 0 aliphatic carbocycles. The standard InChI is InChI=1S/C16H16N2O4/c1-21-13-6-4-10(8-14(13)22-2)15(19)9-3-5-11-12(7-9)18-16(20)17-11/h3-8,15,19H,1-2H3,(H2,17,18,20). The molecular formula is C16H16N2O4. The lowest BCUT2D eigenvalue weighted by atomic mass is 10.0. The van der Waals surface area contributed by atoms with Gasteiger partial charge in [-0.1, -0.05) is 12.1 Å². The number of aliphatic hydroxyl groups is 1. The van der Waals surface area contributed by atoms with Crippen LogP contribution in [0.5, 0.6) is 11.5 Å². The smallest absolute Gasteiger partial charge is 0.323 e. The van der Waals surface area contributed by atoms with Gasteiger partial charge < -0.3 is 24.5 Å². The van der Waals surface area contributed by atoms with Gasteiger partial charge in [-0.25, -0.2) is 4.79 Å². The second kappa shape index (κ2) is 5.57. The van der Waals surface area contributed by atoms with Gasteiger partial charge in [-0.3, -0.25) is 0 Å². The second-order valence-electron chi connectivity index (χ2n) is 4.90. The zero-order valence-corrected chi connectivity index (χ0v) is 12.2. The third kappa shape index (κ3) is 2.44. The van der Waals surface area contributed by atoms with Gasteiger partial charge >= 0.3 is 5.69 Å². The van der Waals surface area contributed by atoms with Gasteiger partial charge in [0.25, 0.3) is 0 Å². The number of hydrogen-bond acceptors (Lipinski definition) is 4.